The van der Waals surface area contributed by atoms with E-state index in [1.165, 1.54) is 12.7 Å². The molecule has 0 unspecified atom stereocenters. The monoisotopic (exact) mass is 319 g/mol. The summed E-state index contributed by atoms with van der Waals surface area (Å²) in [5.74, 6) is 0.636. The fourth-order valence-electron chi connectivity index (χ4n) is 3.29. The molecule has 2 saturated heterocycles. The fraction of sp³-hybridized carbons (Fsp3) is 0.647. The number of furan rings is 1. The minimum Gasteiger partial charge on any atom is -0.459 e. The number of piperazine rings is 1. The zero-order chi connectivity index (χ0) is 16.1. The molecule has 3 rings (SSSR count). The van der Waals surface area contributed by atoms with Gasteiger partial charge in [0.05, 0.1) is 6.26 Å². The van der Waals surface area contributed by atoms with Crippen LogP contribution in [0.1, 0.15) is 36.2 Å². The molecule has 6 heteroatoms. The van der Waals surface area contributed by atoms with Crippen LogP contribution in [0.4, 0.5) is 0 Å². The van der Waals surface area contributed by atoms with Crippen molar-refractivity contribution in [3.05, 3.63) is 24.2 Å². The molecule has 1 aromatic rings. The Morgan fingerprint density at radius 3 is 2.35 bits per heavy atom. The van der Waals surface area contributed by atoms with E-state index in [0.717, 1.165) is 45.6 Å². The molecule has 2 aliphatic heterocycles. The number of amides is 2. The van der Waals surface area contributed by atoms with E-state index >= 15 is 0 Å². The third kappa shape index (κ3) is 4.13. The largest absolute Gasteiger partial charge is 0.459 e. The summed E-state index contributed by atoms with van der Waals surface area (Å²) in [4.78, 5) is 30.5. The molecular weight excluding hydrogens is 294 g/mol. The van der Waals surface area contributed by atoms with Crippen LogP contribution in [0.5, 0.6) is 0 Å². The first kappa shape index (κ1) is 16.1. The molecule has 2 aliphatic rings. The maximum Gasteiger partial charge on any atom is 0.289 e. The second-order valence-corrected chi connectivity index (χ2v) is 6.30. The average Bonchev–Trinajstić information content (AvgIpc) is 3.15. The maximum atomic E-state index is 12.2. The van der Waals surface area contributed by atoms with Crippen LogP contribution in [0.15, 0.2) is 22.8 Å². The van der Waals surface area contributed by atoms with Crippen molar-refractivity contribution in [1.29, 1.82) is 0 Å². The van der Waals surface area contributed by atoms with Crippen molar-refractivity contribution in [2.75, 3.05) is 45.8 Å². The Morgan fingerprint density at radius 2 is 1.70 bits per heavy atom. The summed E-state index contributed by atoms with van der Waals surface area (Å²) in [5.41, 5.74) is 0. The van der Waals surface area contributed by atoms with Crippen molar-refractivity contribution in [3.63, 3.8) is 0 Å². The SMILES string of the molecule is O=C(CCN1CCN(C(=O)c2ccco2)CC1)N1CCCCC1. The second kappa shape index (κ2) is 7.64. The molecule has 0 aliphatic carbocycles. The normalized spacial score (nSPS) is 19.8. The van der Waals surface area contributed by atoms with Gasteiger partial charge in [-0.2, -0.15) is 0 Å². The first-order valence-corrected chi connectivity index (χ1v) is 8.57. The highest BCUT2D eigenvalue weighted by atomic mass is 16.3. The molecule has 23 heavy (non-hydrogen) atoms. The lowest BCUT2D eigenvalue weighted by Gasteiger charge is -2.34. The fourth-order valence-corrected chi connectivity index (χ4v) is 3.29. The number of rotatable bonds is 4. The van der Waals surface area contributed by atoms with Crippen LogP contribution in [0.3, 0.4) is 0 Å². The Hall–Kier alpha value is -1.82. The van der Waals surface area contributed by atoms with Crippen molar-refractivity contribution >= 4 is 11.8 Å². The third-order valence-electron chi connectivity index (χ3n) is 4.74. The van der Waals surface area contributed by atoms with Crippen LogP contribution in [0.2, 0.25) is 0 Å². The van der Waals surface area contributed by atoms with Gasteiger partial charge in [-0.05, 0) is 31.4 Å². The Balaban J connectivity index is 1.39. The van der Waals surface area contributed by atoms with Crippen LogP contribution >= 0.6 is 0 Å². The summed E-state index contributed by atoms with van der Waals surface area (Å²) in [7, 11) is 0. The summed E-state index contributed by atoms with van der Waals surface area (Å²) in [6.07, 6.45) is 5.63. The molecule has 0 aromatic carbocycles. The third-order valence-corrected chi connectivity index (χ3v) is 4.74. The highest BCUT2D eigenvalue weighted by molar-refractivity contribution is 5.91. The highest BCUT2D eigenvalue weighted by Gasteiger charge is 2.24. The van der Waals surface area contributed by atoms with Gasteiger partial charge >= 0.3 is 0 Å². The van der Waals surface area contributed by atoms with Gasteiger partial charge in [-0.3, -0.25) is 14.5 Å². The first-order chi connectivity index (χ1) is 11.2. The number of piperidine rings is 1. The molecule has 6 nitrogen and oxygen atoms in total. The number of likely N-dealkylation sites (tertiary alicyclic amines) is 1. The van der Waals surface area contributed by atoms with Gasteiger partial charge in [0, 0.05) is 52.2 Å². The first-order valence-electron chi connectivity index (χ1n) is 8.57. The molecule has 0 spiro atoms. The molecule has 126 valence electrons. The predicted molar refractivity (Wildman–Crippen MR) is 86.1 cm³/mol. The minimum atomic E-state index is -0.0426. The van der Waals surface area contributed by atoms with Gasteiger partial charge < -0.3 is 14.2 Å². The van der Waals surface area contributed by atoms with E-state index in [0.29, 0.717) is 25.3 Å². The van der Waals surface area contributed by atoms with Gasteiger partial charge in [-0.25, -0.2) is 0 Å². The number of nitrogens with zero attached hydrogens (tertiary/aromatic N) is 3. The van der Waals surface area contributed by atoms with Crippen molar-refractivity contribution in [1.82, 2.24) is 14.7 Å². The lowest BCUT2D eigenvalue weighted by molar-refractivity contribution is -0.132. The van der Waals surface area contributed by atoms with Crippen LogP contribution in [0, 0.1) is 0 Å². The molecule has 2 fully saturated rings. The van der Waals surface area contributed by atoms with Gasteiger partial charge in [0.15, 0.2) is 5.76 Å². The Kier molecular flexibility index (Phi) is 5.33. The summed E-state index contributed by atoms with van der Waals surface area (Å²) in [5, 5.41) is 0. The number of hydrogen-bond donors (Lipinski definition) is 0. The number of hydrogen-bond acceptors (Lipinski definition) is 4. The highest BCUT2D eigenvalue weighted by Crippen LogP contribution is 2.12. The van der Waals surface area contributed by atoms with Crippen LogP contribution in [0.25, 0.3) is 0 Å². The molecule has 0 bridgehead atoms. The molecule has 1 aromatic heterocycles. The van der Waals surface area contributed by atoms with Gasteiger partial charge in [0.2, 0.25) is 5.91 Å². The zero-order valence-corrected chi connectivity index (χ0v) is 13.6. The molecule has 3 heterocycles. The van der Waals surface area contributed by atoms with Crippen molar-refractivity contribution in [2.24, 2.45) is 0 Å². The Morgan fingerprint density at radius 1 is 0.957 bits per heavy atom. The van der Waals surface area contributed by atoms with Crippen LogP contribution in [-0.2, 0) is 4.79 Å². The molecule has 0 N–H and O–H groups in total. The van der Waals surface area contributed by atoms with E-state index in [1.54, 1.807) is 12.1 Å². The summed E-state index contributed by atoms with van der Waals surface area (Å²) in [6.45, 7) is 5.65. The molecule has 0 radical (unpaired) electrons. The van der Waals surface area contributed by atoms with E-state index in [1.807, 2.05) is 9.80 Å². The molecule has 0 atom stereocenters. The van der Waals surface area contributed by atoms with E-state index in [-0.39, 0.29) is 11.8 Å². The molecule has 2 amide bonds. The summed E-state index contributed by atoms with van der Waals surface area (Å²) < 4.78 is 5.17. The lowest BCUT2D eigenvalue weighted by Crippen LogP contribution is -2.49. The van der Waals surface area contributed by atoms with E-state index in [2.05, 4.69) is 4.90 Å². The van der Waals surface area contributed by atoms with Crippen LogP contribution in [-0.4, -0.2) is 72.3 Å². The predicted octanol–water partition coefficient (Wildman–Crippen LogP) is 1.44. The summed E-state index contributed by atoms with van der Waals surface area (Å²) >= 11 is 0. The lowest BCUT2D eigenvalue weighted by atomic mass is 10.1. The minimum absolute atomic E-state index is 0.0426. The van der Waals surface area contributed by atoms with Gasteiger partial charge in [0.25, 0.3) is 5.91 Å². The zero-order valence-electron chi connectivity index (χ0n) is 13.6. The van der Waals surface area contributed by atoms with Gasteiger partial charge in [-0.1, -0.05) is 0 Å². The van der Waals surface area contributed by atoms with Crippen molar-refractivity contribution in [3.8, 4) is 0 Å². The smallest absolute Gasteiger partial charge is 0.289 e. The average molecular weight is 319 g/mol. The standard InChI is InChI=1S/C17H25N3O3/c21-16(19-7-2-1-3-8-19)6-9-18-10-12-20(13-11-18)17(22)15-5-4-14-23-15/h4-5,14H,1-3,6-13H2. The number of carbonyl (C=O) groups excluding carboxylic acids is 2. The Bertz CT molecular complexity index is 515. The van der Waals surface area contributed by atoms with E-state index in [4.69, 9.17) is 4.42 Å². The van der Waals surface area contributed by atoms with Crippen molar-refractivity contribution < 1.29 is 14.0 Å². The second-order valence-electron chi connectivity index (χ2n) is 6.30. The summed E-state index contributed by atoms with van der Waals surface area (Å²) in [6, 6.07) is 3.43. The maximum absolute atomic E-state index is 12.2. The van der Waals surface area contributed by atoms with Gasteiger partial charge in [-0.15, -0.1) is 0 Å². The quantitative estimate of drug-likeness (QED) is 0.843. The number of carbonyl (C=O) groups is 2. The van der Waals surface area contributed by atoms with Crippen molar-refractivity contribution in [2.45, 2.75) is 25.7 Å². The molecular formula is C17H25N3O3. The molecule has 0 saturated carbocycles. The van der Waals surface area contributed by atoms with Crippen LogP contribution < -0.4 is 0 Å². The van der Waals surface area contributed by atoms with E-state index < -0.39 is 0 Å². The van der Waals surface area contributed by atoms with E-state index in [9.17, 15) is 9.59 Å². The van der Waals surface area contributed by atoms with Gasteiger partial charge in [0.1, 0.15) is 0 Å². The Labute approximate surface area is 137 Å². The topological polar surface area (TPSA) is 57.0 Å².